The third-order valence-corrected chi connectivity index (χ3v) is 4.46. The Balaban J connectivity index is 2.28. The van der Waals surface area contributed by atoms with E-state index in [9.17, 15) is 9.90 Å². The summed E-state index contributed by atoms with van der Waals surface area (Å²) in [5.41, 5.74) is 0.310. The third-order valence-electron chi connectivity index (χ3n) is 3.05. The maximum Gasteiger partial charge on any atom is 0.411 e. The van der Waals surface area contributed by atoms with Crippen LogP contribution in [-0.2, 0) is 4.74 Å². The molecule has 9 nitrogen and oxygen atoms in total. The van der Waals surface area contributed by atoms with Gasteiger partial charge in [0.05, 0.1) is 23.1 Å². The second-order valence-electron chi connectivity index (χ2n) is 5.91. The minimum atomic E-state index is -0.702. The molecule has 0 aliphatic heterocycles. The summed E-state index contributed by atoms with van der Waals surface area (Å²) in [7, 11) is 0. The number of aromatic hydroxyl groups is 1. The number of nitrogens with one attached hydrogen (secondary N) is 1. The molecule has 11 heteroatoms. The molecule has 1 aromatic heterocycles. The van der Waals surface area contributed by atoms with Crippen molar-refractivity contribution in [3.63, 3.8) is 0 Å². The van der Waals surface area contributed by atoms with E-state index in [0.717, 1.165) is 0 Å². The zero-order chi connectivity index (χ0) is 20.0. The van der Waals surface area contributed by atoms with Gasteiger partial charge in [-0.05, 0) is 18.9 Å². The van der Waals surface area contributed by atoms with Crippen molar-refractivity contribution in [1.29, 1.82) is 5.26 Å². The molecule has 27 heavy (non-hydrogen) atoms. The summed E-state index contributed by atoms with van der Waals surface area (Å²) < 4.78 is 5.05. The molecule has 1 aromatic carbocycles. The fourth-order valence-electron chi connectivity index (χ4n) is 1.77. The lowest BCUT2D eigenvalue weighted by atomic mass is 10.1. The number of carbonyl (C=O) groups is 1. The van der Waals surface area contributed by atoms with Gasteiger partial charge in [0, 0.05) is 6.07 Å². The van der Waals surface area contributed by atoms with E-state index in [1.165, 1.54) is 23.5 Å². The van der Waals surface area contributed by atoms with Crippen molar-refractivity contribution in [2.45, 2.75) is 26.0 Å². The summed E-state index contributed by atoms with van der Waals surface area (Å²) >= 11 is 5.49. The number of ether oxygens (including phenoxy) is 1. The molecule has 1 atom stereocenters. The van der Waals surface area contributed by atoms with Gasteiger partial charge < -0.3 is 9.84 Å². The number of anilines is 1. The number of nitriles is 1. The van der Waals surface area contributed by atoms with Crippen LogP contribution in [0.15, 0.2) is 22.4 Å². The van der Waals surface area contributed by atoms with Crippen molar-refractivity contribution in [2.75, 3.05) is 11.9 Å². The number of nitrogens with zero attached hydrogens (tertiary/aromatic N) is 5. The summed E-state index contributed by atoms with van der Waals surface area (Å²) in [5, 5.41) is 38.2. The summed E-state index contributed by atoms with van der Waals surface area (Å²) in [4.78, 5) is 11.9. The molecule has 0 radical (unpaired) electrons. The van der Waals surface area contributed by atoms with E-state index in [0.29, 0.717) is 10.1 Å². The SMILES string of the molecule is CC(C)COC(=O)Nc1cc(O)c(C#N)cc1N=Nc1nnc(C(C)S)s1. The maximum absolute atomic E-state index is 11.9. The van der Waals surface area contributed by atoms with Crippen LogP contribution in [0.25, 0.3) is 0 Å². The van der Waals surface area contributed by atoms with Gasteiger partial charge in [0.15, 0.2) is 0 Å². The molecule has 2 rings (SSSR count). The van der Waals surface area contributed by atoms with E-state index in [-0.39, 0.29) is 40.5 Å². The Hall–Kier alpha value is -2.71. The summed E-state index contributed by atoms with van der Waals surface area (Å²) in [6.07, 6.45) is -0.702. The molecule has 1 unspecified atom stereocenters. The molecular weight excluding hydrogens is 388 g/mol. The number of benzene rings is 1. The predicted octanol–water partition coefficient (Wildman–Crippen LogP) is 4.73. The van der Waals surface area contributed by atoms with Gasteiger partial charge in [0.1, 0.15) is 22.5 Å². The molecule has 0 aliphatic carbocycles. The van der Waals surface area contributed by atoms with E-state index < -0.39 is 6.09 Å². The molecule has 0 aliphatic rings. The quantitative estimate of drug-likeness (QED) is 0.469. The molecule has 2 N–H and O–H groups in total. The van der Waals surface area contributed by atoms with Crippen LogP contribution in [-0.4, -0.2) is 28.0 Å². The van der Waals surface area contributed by atoms with Crippen LogP contribution in [0.5, 0.6) is 5.75 Å². The molecule has 0 spiro atoms. The molecule has 142 valence electrons. The zero-order valence-electron chi connectivity index (χ0n) is 14.9. The lowest BCUT2D eigenvalue weighted by Crippen LogP contribution is -2.16. The van der Waals surface area contributed by atoms with E-state index >= 15 is 0 Å². The minimum absolute atomic E-state index is 0.00743. The number of hydrogen-bond donors (Lipinski definition) is 3. The van der Waals surface area contributed by atoms with Crippen LogP contribution in [0.4, 0.5) is 21.3 Å². The van der Waals surface area contributed by atoms with E-state index in [1.54, 1.807) is 0 Å². The number of rotatable bonds is 6. The lowest BCUT2D eigenvalue weighted by molar-refractivity contribution is 0.147. The van der Waals surface area contributed by atoms with Gasteiger partial charge in [-0.1, -0.05) is 25.2 Å². The zero-order valence-corrected chi connectivity index (χ0v) is 16.6. The number of azo groups is 1. The van der Waals surface area contributed by atoms with Crippen LogP contribution < -0.4 is 5.32 Å². The van der Waals surface area contributed by atoms with E-state index in [1.807, 2.05) is 26.8 Å². The fraction of sp³-hybridized carbons (Fsp3) is 0.375. The number of phenolic OH excluding ortho intramolecular Hbond substituents is 1. The Bertz CT molecular complexity index is 889. The second-order valence-corrected chi connectivity index (χ2v) is 7.68. The first-order valence-corrected chi connectivity index (χ1v) is 9.27. The van der Waals surface area contributed by atoms with Gasteiger partial charge in [-0.2, -0.15) is 17.9 Å². The first-order valence-electron chi connectivity index (χ1n) is 7.94. The molecule has 0 bridgehead atoms. The molecular formula is C16H18N6O3S2. The van der Waals surface area contributed by atoms with Crippen molar-refractivity contribution in [3.05, 3.63) is 22.7 Å². The Labute approximate surface area is 165 Å². The van der Waals surface area contributed by atoms with E-state index in [4.69, 9.17) is 10.00 Å². The van der Waals surface area contributed by atoms with Gasteiger partial charge in [-0.15, -0.1) is 20.4 Å². The highest BCUT2D eigenvalue weighted by Gasteiger charge is 2.14. The van der Waals surface area contributed by atoms with Crippen LogP contribution >= 0.6 is 24.0 Å². The molecule has 0 fully saturated rings. The van der Waals surface area contributed by atoms with Gasteiger partial charge in [-0.25, -0.2) is 4.79 Å². The Morgan fingerprint density at radius 3 is 2.74 bits per heavy atom. The van der Waals surface area contributed by atoms with Gasteiger partial charge in [0.2, 0.25) is 0 Å². The van der Waals surface area contributed by atoms with Crippen LogP contribution in [0, 0.1) is 17.2 Å². The highest BCUT2D eigenvalue weighted by Crippen LogP contribution is 2.34. The summed E-state index contributed by atoms with van der Waals surface area (Å²) in [6.45, 7) is 5.90. The van der Waals surface area contributed by atoms with Crippen molar-refractivity contribution < 1.29 is 14.6 Å². The largest absolute Gasteiger partial charge is 0.506 e. The molecule has 0 saturated carbocycles. The average molecular weight is 406 g/mol. The van der Waals surface area contributed by atoms with Crippen molar-refractivity contribution >= 4 is 46.6 Å². The Kier molecular flexibility index (Phi) is 7.09. The molecule has 2 aromatic rings. The number of aromatic nitrogens is 2. The monoisotopic (exact) mass is 406 g/mol. The van der Waals surface area contributed by atoms with E-state index in [2.05, 4.69) is 38.4 Å². The first-order chi connectivity index (χ1) is 12.8. The van der Waals surface area contributed by atoms with Crippen LogP contribution in [0.2, 0.25) is 0 Å². The number of thiol groups is 1. The standard InChI is InChI=1S/C16H18N6O3S2/c1-8(2)7-25-16(24)18-11-5-13(23)10(6-17)4-12(11)19-21-15-22-20-14(27-15)9(3)26/h4-5,8-9,23,26H,7H2,1-3H3,(H,18,24). The molecule has 1 amide bonds. The number of carbonyl (C=O) groups excluding carboxylic acids is 1. The first kappa shape index (κ1) is 20.6. The van der Waals surface area contributed by atoms with Crippen molar-refractivity contribution in [3.8, 4) is 11.8 Å². The van der Waals surface area contributed by atoms with Gasteiger partial charge >= 0.3 is 6.09 Å². The third kappa shape index (κ3) is 5.90. The minimum Gasteiger partial charge on any atom is -0.506 e. The summed E-state index contributed by atoms with van der Waals surface area (Å²) in [5.74, 6) is -0.122. The van der Waals surface area contributed by atoms with Gasteiger partial charge in [-0.3, -0.25) is 5.32 Å². The Morgan fingerprint density at radius 2 is 2.15 bits per heavy atom. The molecule has 1 heterocycles. The highest BCUT2D eigenvalue weighted by atomic mass is 32.1. The fourth-order valence-corrected chi connectivity index (χ4v) is 2.58. The summed E-state index contributed by atoms with van der Waals surface area (Å²) in [6, 6.07) is 4.36. The maximum atomic E-state index is 11.9. The Morgan fingerprint density at radius 1 is 1.41 bits per heavy atom. The number of amides is 1. The lowest BCUT2D eigenvalue weighted by Gasteiger charge is -2.11. The van der Waals surface area contributed by atoms with Gasteiger partial charge in [0.25, 0.3) is 5.13 Å². The number of phenols is 1. The normalized spacial score (nSPS) is 12.1. The van der Waals surface area contributed by atoms with Crippen LogP contribution in [0.1, 0.15) is 36.6 Å². The molecule has 0 saturated heterocycles. The predicted molar refractivity (Wildman–Crippen MR) is 104 cm³/mol. The topological polar surface area (TPSA) is 133 Å². The average Bonchev–Trinajstić information content (AvgIpc) is 3.08. The highest BCUT2D eigenvalue weighted by molar-refractivity contribution is 7.80. The van der Waals surface area contributed by atoms with Crippen molar-refractivity contribution in [2.24, 2.45) is 16.1 Å². The smallest absolute Gasteiger partial charge is 0.411 e. The van der Waals surface area contributed by atoms with Crippen LogP contribution in [0.3, 0.4) is 0 Å². The van der Waals surface area contributed by atoms with Crippen molar-refractivity contribution in [1.82, 2.24) is 10.2 Å². The number of hydrogen-bond acceptors (Lipinski definition) is 10. The second kappa shape index (κ2) is 9.29.